The van der Waals surface area contributed by atoms with Gasteiger partial charge >= 0.3 is 7.12 Å². The van der Waals surface area contributed by atoms with E-state index in [0.29, 0.717) is 0 Å². The van der Waals surface area contributed by atoms with Gasteiger partial charge in [-0.15, -0.1) is 0 Å². The van der Waals surface area contributed by atoms with E-state index in [-0.39, 0.29) is 10.4 Å². The van der Waals surface area contributed by atoms with Crippen molar-refractivity contribution in [1.82, 2.24) is 0 Å². The van der Waals surface area contributed by atoms with Gasteiger partial charge in [-0.3, -0.25) is 0 Å². The third-order valence-electron chi connectivity index (χ3n) is 1.54. The highest BCUT2D eigenvalue weighted by atomic mass is 32.2. The molecular weight excluding hydrogens is 167 g/mol. The molecule has 0 aromatic heterocycles. The molecular formula is C5H7BO4S. The molecule has 0 aliphatic carbocycles. The molecule has 1 heterocycles. The van der Waals surface area contributed by atoms with Crippen LogP contribution in [0.1, 0.15) is 6.92 Å². The zero-order chi connectivity index (χ0) is 8.65. The molecule has 60 valence electrons. The van der Waals surface area contributed by atoms with Gasteiger partial charge in [0.1, 0.15) is 0 Å². The summed E-state index contributed by atoms with van der Waals surface area (Å²) in [7, 11) is -5.05. The molecule has 11 heavy (non-hydrogen) atoms. The SMILES string of the molecule is CC1=C(B(O)O)C=CS1(=O)=O. The molecule has 1 rings (SSSR count). The van der Waals surface area contributed by atoms with E-state index in [1.807, 2.05) is 0 Å². The molecule has 0 unspecified atom stereocenters. The fourth-order valence-corrected chi connectivity index (χ4v) is 1.85. The minimum Gasteiger partial charge on any atom is -0.423 e. The van der Waals surface area contributed by atoms with Gasteiger partial charge in [0.2, 0.25) is 0 Å². The van der Waals surface area contributed by atoms with Gasteiger partial charge in [-0.2, -0.15) is 0 Å². The van der Waals surface area contributed by atoms with Gasteiger partial charge in [-0.05, 0) is 18.5 Å². The average Bonchev–Trinajstić information content (AvgIpc) is 2.09. The van der Waals surface area contributed by atoms with Crippen molar-refractivity contribution in [2.24, 2.45) is 0 Å². The molecule has 4 nitrogen and oxygen atoms in total. The molecule has 1 aliphatic rings. The summed E-state index contributed by atoms with van der Waals surface area (Å²) in [5.74, 6) is 0. The number of hydrogen-bond donors (Lipinski definition) is 2. The van der Waals surface area contributed by atoms with E-state index in [9.17, 15) is 8.42 Å². The third-order valence-corrected chi connectivity index (χ3v) is 3.12. The van der Waals surface area contributed by atoms with Crippen LogP contribution in [0.3, 0.4) is 0 Å². The second-order valence-corrected chi connectivity index (χ2v) is 4.21. The smallest absolute Gasteiger partial charge is 0.423 e. The lowest BCUT2D eigenvalue weighted by Crippen LogP contribution is -2.14. The van der Waals surface area contributed by atoms with Gasteiger partial charge in [0.05, 0.1) is 0 Å². The lowest BCUT2D eigenvalue weighted by atomic mass is 9.79. The first-order valence-electron chi connectivity index (χ1n) is 2.95. The average molecular weight is 174 g/mol. The molecule has 0 fully saturated rings. The first-order chi connectivity index (χ1) is 4.95. The van der Waals surface area contributed by atoms with Crippen LogP contribution >= 0.6 is 0 Å². The lowest BCUT2D eigenvalue weighted by Gasteiger charge is -1.97. The Hall–Kier alpha value is -0.585. The fraction of sp³-hybridized carbons (Fsp3) is 0.200. The number of rotatable bonds is 1. The Morgan fingerprint density at radius 3 is 2.18 bits per heavy atom. The van der Waals surface area contributed by atoms with Crippen molar-refractivity contribution in [3.63, 3.8) is 0 Å². The van der Waals surface area contributed by atoms with E-state index >= 15 is 0 Å². The van der Waals surface area contributed by atoms with Crippen molar-refractivity contribution in [1.29, 1.82) is 0 Å². The molecule has 0 radical (unpaired) electrons. The van der Waals surface area contributed by atoms with Gasteiger partial charge in [0.25, 0.3) is 0 Å². The molecule has 0 atom stereocenters. The Bertz CT molecular complexity index is 324. The van der Waals surface area contributed by atoms with E-state index in [4.69, 9.17) is 10.0 Å². The van der Waals surface area contributed by atoms with Gasteiger partial charge in [0.15, 0.2) is 9.84 Å². The first kappa shape index (κ1) is 8.51. The summed E-state index contributed by atoms with van der Waals surface area (Å²) in [6, 6.07) is 0. The van der Waals surface area contributed by atoms with Gasteiger partial charge < -0.3 is 10.0 Å². The third kappa shape index (κ3) is 1.37. The topological polar surface area (TPSA) is 74.6 Å². The highest BCUT2D eigenvalue weighted by Crippen LogP contribution is 2.22. The lowest BCUT2D eigenvalue weighted by molar-refractivity contribution is 0.420. The van der Waals surface area contributed by atoms with E-state index in [1.54, 1.807) is 0 Å². The van der Waals surface area contributed by atoms with Crippen LogP contribution in [0.5, 0.6) is 0 Å². The second kappa shape index (κ2) is 2.47. The van der Waals surface area contributed by atoms with Gasteiger partial charge in [-0.1, -0.05) is 0 Å². The van der Waals surface area contributed by atoms with Crippen molar-refractivity contribution in [3.05, 3.63) is 21.9 Å². The minimum atomic E-state index is -3.34. The van der Waals surface area contributed by atoms with Crippen LogP contribution < -0.4 is 0 Å². The molecule has 0 aromatic carbocycles. The maximum Gasteiger partial charge on any atom is 0.489 e. The van der Waals surface area contributed by atoms with Crippen LogP contribution in [0, 0.1) is 0 Å². The van der Waals surface area contributed by atoms with Crippen LogP contribution in [0.2, 0.25) is 0 Å². The Morgan fingerprint density at radius 1 is 1.45 bits per heavy atom. The summed E-state index contributed by atoms with van der Waals surface area (Å²) >= 11 is 0. The Balaban J connectivity index is 3.21. The zero-order valence-corrected chi connectivity index (χ0v) is 6.67. The van der Waals surface area contributed by atoms with Gasteiger partial charge in [-0.25, -0.2) is 8.42 Å². The first-order valence-corrected chi connectivity index (χ1v) is 4.50. The van der Waals surface area contributed by atoms with E-state index in [1.165, 1.54) is 13.0 Å². The van der Waals surface area contributed by atoms with Crippen LogP contribution in [-0.4, -0.2) is 25.6 Å². The molecule has 0 amide bonds. The van der Waals surface area contributed by atoms with Crippen molar-refractivity contribution in [2.45, 2.75) is 6.92 Å². The van der Waals surface area contributed by atoms with Crippen molar-refractivity contribution < 1.29 is 18.5 Å². The number of hydrogen-bond acceptors (Lipinski definition) is 4. The number of allylic oxidation sites excluding steroid dienone is 3. The maximum absolute atomic E-state index is 10.9. The molecule has 0 spiro atoms. The highest BCUT2D eigenvalue weighted by Gasteiger charge is 2.26. The highest BCUT2D eigenvalue weighted by molar-refractivity contribution is 7.98. The summed E-state index contributed by atoms with van der Waals surface area (Å²) in [5.41, 5.74) is 0.0463. The van der Waals surface area contributed by atoms with Crippen molar-refractivity contribution in [3.8, 4) is 0 Å². The molecule has 1 aliphatic heterocycles. The van der Waals surface area contributed by atoms with Crippen LogP contribution in [0.15, 0.2) is 21.9 Å². The second-order valence-electron chi connectivity index (χ2n) is 2.23. The minimum absolute atomic E-state index is 0.00694. The van der Waals surface area contributed by atoms with E-state index in [2.05, 4.69) is 0 Å². The van der Waals surface area contributed by atoms with Crippen LogP contribution in [0.25, 0.3) is 0 Å². The monoisotopic (exact) mass is 174 g/mol. The van der Waals surface area contributed by atoms with E-state index in [0.717, 1.165) is 5.41 Å². The van der Waals surface area contributed by atoms with Gasteiger partial charge in [0, 0.05) is 10.3 Å². The van der Waals surface area contributed by atoms with E-state index < -0.39 is 17.0 Å². The fourth-order valence-electron chi connectivity index (χ4n) is 0.814. The zero-order valence-electron chi connectivity index (χ0n) is 5.85. The summed E-state index contributed by atoms with van der Waals surface area (Å²) < 4.78 is 21.8. The quantitative estimate of drug-likeness (QED) is 0.511. The summed E-state index contributed by atoms with van der Waals surface area (Å²) in [5, 5.41) is 18.2. The van der Waals surface area contributed by atoms with Crippen molar-refractivity contribution >= 4 is 17.0 Å². The summed E-state index contributed by atoms with van der Waals surface area (Å²) in [6.07, 6.45) is 1.19. The summed E-state index contributed by atoms with van der Waals surface area (Å²) in [4.78, 5) is 0.00694. The molecule has 2 N–H and O–H groups in total. The number of sulfone groups is 1. The molecule has 0 saturated carbocycles. The normalized spacial score (nSPS) is 21.0. The molecule has 0 bridgehead atoms. The Labute approximate surface area is 64.9 Å². The molecule has 6 heteroatoms. The van der Waals surface area contributed by atoms with Crippen LogP contribution in [0.4, 0.5) is 0 Å². The standard InChI is InChI=1S/C5H7BO4S/c1-4-5(6(7)8)2-3-11(4,9)10/h2-3,7-8H,1H3. The Morgan fingerprint density at radius 2 is 2.00 bits per heavy atom. The maximum atomic E-state index is 10.9. The van der Waals surface area contributed by atoms with Crippen molar-refractivity contribution in [2.75, 3.05) is 0 Å². The predicted octanol–water partition coefficient (Wildman–Crippen LogP) is -0.786. The Kier molecular flexibility index (Phi) is 1.91. The molecule has 0 saturated heterocycles. The predicted molar refractivity (Wildman–Crippen MR) is 41.0 cm³/mol. The largest absolute Gasteiger partial charge is 0.489 e. The van der Waals surface area contributed by atoms with Crippen LogP contribution in [-0.2, 0) is 9.84 Å². The summed E-state index contributed by atoms with van der Waals surface area (Å²) in [6.45, 7) is 1.34. The molecule has 0 aromatic rings.